The second-order valence-electron chi connectivity index (χ2n) is 5.74. The van der Waals surface area contributed by atoms with Crippen LogP contribution in [-0.4, -0.2) is 36.2 Å². The molecule has 0 heterocycles. The molecular formula is C12H14BrN3O8. The molecule has 0 aliphatic rings. The molecule has 1 aromatic carbocycles. The number of rotatable bonds is 6. The minimum absolute atomic E-state index is 0.567. The van der Waals surface area contributed by atoms with Crippen LogP contribution in [-0.2, 0) is 0 Å². The predicted molar refractivity (Wildman–Crippen MR) is 85.0 cm³/mol. The number of hydrogen-bond acceptors (Lipinski definition) is 8. The molecule has 0 amide bonds. The van der Waals surface area contributed by atoms with E-state index in [1.54, 1.807) is 0 Å². The van der Waals surface area contributed by atoms with E-state index < -0.39 is 53.4 Å². The van der Waals surface area contributed by atoms with Crippen molar-refractivity contribution >= 4 is 33.0 Å². The number of hydrogen-bond donors (Lipinski definition) is 2. The highest BCUT2D eigenvalue weighted by molar-refractivity contribution is 9.09. The minimum Gasteiger partial charge on any atom is -0.387 e. The molecule has 0 spiro atoms. The van der Waals surface area contributed by atoms with Gasteiger partial charge in [-0.25, -0.2) is 0 Å². The van der Waals surface area contributed by atoms with Gasteiger partial charge >= 0.3 is 0 Å². The van der Waals surface area contributed by atoms with Crippen LogP contribution in [0.1, 0.15) is 31.2 Å². The number of aliphatic hydroxyl groups is 2. The van der Waals surface area contributed by atoms with Gasteiger partial charge in [-0.1, -0.05) is 15.9 Å². The van der Waals surface area contributed by atoms with Gasteiger partial charge in [0.2, 0.25) is 0 Å². The maximum atomic E-state index is 11.2. The minimum atomic E-state index is -2.07. The second kappa shape index (κ2) is 6.37. The summed E-state index contributed by atoms with van der Waals surface area (Å²) in [4.78, 5) is 28.8. The van der Waals surface area contributed by atoms with Crippen molar-refractivity contribution in [3.05, 3.63) is 48.0 Å². The summed E-state index contributed by atoms with van der Waals surface area (Å²) in [5.41, 5.74) is -7.12. The third kappa shape index (κ3) is 3.49. The van der Waals surface area contributed by atoms with Gasteiger partial charge in [-0.3, -0.25) is 30.3 Å². The summed E-state index contributed by atoms with van der Waals surface area (Å²) in [6, 6.07) is 1.13. The Morgan fingerprint density at radius 2 is 1.33 bits per heavy atom. The van der Waals surface area contributed by atoms with E-state index in [1.165, 1.54) is 13.8 Å². The molecule has 0 fully saturated rings. The molecule has 2 unspecified atom stereocenters. The van der Waals surface area contributed by atoms with Crippen LogP contribution < -0.4 is 0 Å². The topological polar surface area (TPSA) is 170 Å². The maximum Gasteiger partial charge on any atom is 0.287 e. The van der Waals surface area contributed by atoms with Crippen LogP contribution >= 0.6 is 15.9 Å². The molecule has 24 heavy (non-hydrogen) atoms. The van der Waals surface area contributed by atoms with Gasteiger partial charge in [0.25, 0.3) is 17.1 Å². The van der Waals surface area contributed by atoms with Crippen molar-refractivity contribution in [2.45, 2.75) is 36.8 Å². The number of nitrogens with zero attached hydrogens (tertiary/aromatic N) is 3. The molecule has 0 saturated heterocycles. The largest absolute Gasteiger partial charge is 0.387 e. The average Bonchev–Trinajstić information content (AvgIpc) is 2.43. The Kier molecular flexibility index (Phi) is 5.28. The number of nitro groups is 3. The summed E-state index contributed by atoms with van der Waals surface area (Å²) in [7, 11) is 0. The third-order valence-electron chi connectivity index (χ3n) is 3.71. The van der Waals surface area contributed by atoms with Crippen molar-refractivity contribution in [2.75, 3.05) is 0 Å². The van der Waals surface area contributed by atoms with Gasteiger partial charge < -0.3 is 10.2 Å². The van der Waals surface area contributed by atoms with E-state index in [0.29, 0.717) is 12.1 Å². The number of alkyl halides is 1. The second-order valence-corrected chi connectivity index (χ2v) is 6.65. The molecule has 132 valence electrons. The Morgan fingerprint density at radius 3 is 1.58 bits per heavy atom. The lowest BCUT2D eigenvalue weighted by Crippen LogP contribution is -2.50. The predicted octanol–water partition coefficient (Wildman–Crippen LogP) is 2.37. The molecule has 0 saturated carbocycles. The summed E-state index contributed by atoms with van der Waals surface area (Å²) < 4.78 is 0. The summed E-state index contributed by atoms with van der Waals surface area (Å²) in [6.45, 7) is 3.55. The van der Waals surface area contributed by atoms with Crippen molar-refractivity contribution in [2.24, 2.45) is 0 Å². The van der Waals surface area contributed by atoms with Crippen molar-refractivity contribution in [1.82, 2.24) is 0 Å². The summed E-state index contributed by atoms with van der Waals surface area (Å²) in [5, 5.41) is 53.9. The van der Waals surface area contributed by atoms with E-state index >= 15 is 0 Å². The van der Waals surface area contributed by atoms with Crippen LogP contribution in [0, 0.1) is 30.3 Å². The van der Waals surface area contributed by atoms with Crippen LogP contribution in [0.5, 0.6) is 0 Å². The van der Waals surface area contributed by atoms with E-state index in [1.807, 2.05) is 0 Å². The highest BCUT2D eigenvalue weighted by Gasteiger charge is 2.49. The first kappa shape index (κ1) is 19.9. The zero-order chi connectivity index (χ0) is 19.0. The Balaban J connectivity index is 3.82. The highest BCUT2D eigenvalue weighted by atomic mass is 79.9. The zero-order valence-electron chi connectivity index (χ0n) is 12.8. The van der Waals surface area contributed by atoms with Crippen LogP contribution in [0.15, 0.2) is 12.1 Å². The van der Waals surface area contributed by atoms with Crippen LogP contribution in [0.25, 0.3) is 0 Å². The van der Waals surface area contributed by atoms with Crippen LogP contribution in [0.4, 0.5) is 17.1 Å². The zero-order valence-corrected chi connectivity index (χ0v) is 14.4. The first-order valence-corrected chi connectivity index (χ1v) is 7.33. The van der Waals surface area contributed by atoms with E-state index in [-0.39, 0.29) is 0 Å². The van der Waals surface area contributed by atoms with Gasteiger partial charge in [0.15, 0.2) is 0 Å². The van der Waals surface area contributed by atoms with Gasteiger partial charge in [-0.15, -0.1) is 0 Å². The fourth-order valence-corrected chi connectivity index (χ4v) is 2.90. The molecule has 0 aliphatic carbocycles. The monoisotopic (exact) mass is 407 g/mol. The van der Waals surface area contributed by atoms with E-state index in [2.05, 4.69) is 15.9 Å². The summed E-state index contributed by atoms with van der Waals surface area (Å²) in [5.74, 6) is 0. The van der Waals surface area contributed by atoms with Gasteiger partial charge in [0.05, 0.1) is 37.3 Å². The lowest BCUT2D eigenvalue weighted by molar-refractivity contribution is -0.404. The first-order chi connectivity index (χ1) is 10.7. The first-order valence-electron chi connectivity index (χ1n) is 6.41. The molecule has 0 aliphatic heterocycles. The molecule has 12 heteroatoms. The smallest absolute Gasteiger partial charge is 0.287 e. The number of nitro benzene ring substituents is 3. The van der Waals surface area contributed by atoms with Crippen molar-refractivity contribution in [1.29, 1.82) is 0 Å². The van der Waals surface area contributed by atoms with Crippen LogP contribution in [0.3, 0.4) is 0 Å². The third-order valence-corrected chi connectivity index (χ3v) is 5.06. The molecule has 0 aromatic heterocycles. The quantitative estimate of drug-likeness (QED) is 0.410. The molecule has 1 rings (SSSR count). The van der Waals surface area contributed by atoms with Gasteiger partial charge in [0.1, 0.15) is 11.2 Å². The Hall–Kier alpha value is -2.18. The lowest BCUT2D eigenvalue weighted by atomic mass is 9.81. The Labute approximate surface area is 143 Å². The number of benzene rings is 1. The van der Waals surface area contributed by atoms with Crippen molar-refractivity contribution in [3.8, 4) is 0 Å². The summed E-state index contributed by atoms with van der Waals surface area (Å²) >= 11 is 2.95. The maximum absolute atomic E-state index is 11.2. The molecule has 0 bridgehead atoms. The average molecular weight is 408 g/mol. The highest BCUT2D eigenvalue weighted by Crippen LogP contribution is 2.48. The summed E-state index contributed by atoms with van der Waals surface area (Å²) in [6.07, 6.45) is 0. The van der Waals surface area contributed by atoms with Gasteiger partial charge in [0, 0.05) is 0 Å². The van der Waals surface area contributed by atoms with Gasteiger partial charge in [-0.05, 0) is 20.8 Å². The van der Waals surface area contributed by atoms with E-state index in [9.17, 15) is 40.6 Å². The Morgan fingerprint density at radius 1 is 0.958 bits per heavy atom. The number of non-ortho nitro benzene ring substituents is 1. The molecule has 0 radical (unpaired) electrons. The van der Waals surface area contributed by atoms with Crippen molar-refractivity contribution < 1.29 is 25.0 Å². The Bertz CT molecular complexity index is 678. The molecule has 1 aromatic rings. The molecule has 2 N–H and O–H groups in total. The van der Waals surface area contributed by atoms with E-state index in [0.717, 1.165) is 6.92 Å². The van der Waals surface area contributed by atoms with Gasteiger partial charge in [-0.2, -0.15) is 0 Å². The fourth-order valence-electron chi connectivity index (χ4n) is 1.87. The number of halogens is 1. The molecule has 11 nitrogen and oxygen atoms in total. The normalized spacial score (nSPS) is 15.4. The molecule has 2 atom stereocenters. The lowest BCUT2D eigenvalue weighted by Gasteiger charge is -2.39. The van der Waals surface area contributed by atoms with Crippen molar-refractivity contribution in [3.63, 3.8) is 0 Å². The van der Waals surface area contributed by atoms with E-state index in [4.69, 9.17) is 0 Å². The molecular weight excluding hydrogens is 394 g/mol. The SMILES string of the molecule is CC(C)(O)C(C)(O)C(Br)c1c([N+](=O)[O-])cc([N+](=O)[O-])cc1[N+](=O)[O-]. The van der Waals surface area contributed by atoms with Crippen LogP contribution in [0.2, 0.25) is 0 Å². The standard InChI is InChI=1S/C12H14BrN3O8/c1-11(2,17)12(3,18)10(13)9-7(15(21)22)4-6(14(19)20)5-8(9)16(23)24/h4-5,10,17-18H,1-3H3. The fraction of sp³-hybridized carbons (Fsp3) is 0.500.